The minimum Gasteiger partial charge on any atom is -0.383 e. The molecule has 2 atom stereocenters. The maximum Gasteiger partial charge on any atom is 0.260 e. The number of hydrazine groups is 1. The van der Waals surface area contributed by atoms with E-state index in [9.17, 15) is 4.79 Å². The lowest BCUT2D eigenvalue weighted by molar-refractivity contribution is -0.154. The lowest BCUT2D eigenvalue weighted by atomic mass is 10.1. The smallest absolute Gasteiger partial charge is 0.260 e. The van der Waals surface area contributed by atoms with E-state index in [2.05, 4.69) is 25.1 Å². The van der Waals surface area contributed by atoms with Gasteiger partial charge in [-0.1, -0.05) is 19.6 Å². The van der Waals surface area contributed by atoms with Crippen LogP contribution in [0.3, 0.4) is 0 Å². The van der Waals surface area contributed by atoms with Gasteiger partial charge in [-0.25, -0.2) is 5.01 Å². The molecule has 108 valence electrons. The summed E-state index contributed by atoms with van der Waals surface area (Å²) in [5.41, 5.74) is 0. The molecule has 0 bridgehead atoms. The molecule has 0 unspecified atom stereocenters. The number of carbonyl (C=O) groups is 1. The highest BCUT2D eigenvalue weighted by Crippen LogP contribution is 2.24. The average Bonchev–Trinajstić information content (AvgIpc) is 2.86. The quantitative estimate of drug-likeness (QED) is 0.499. The molecular weight excluding hydrogens is 240 g/mol. The molecule has 1 aliphatic rings. The van der Waals surface area contributed by atoms with Crippen LogP contribution in [-0.4, -0.2) is 48.3 Å². The van der Waals surface area contributed by atoms with Crippen LogP contribution in [0.1, 0.15) is 32.6 Å². The first-order valence-corrected chi connectivity index (χ1v) is 7.01. The fourth-order valence-electron chi connectivity index (χ4n) is 2.71. The molecule has 0 saturated carbocycles. The normalized spacial score (nSPS) is 21.1. The highest BCUT2D eigenvalue weighted by molar-refractivity contribution is 5.86. The molecule has 4 nitrogen and oxygen atoms in total. The van der Waals surface area contributed by atoms with Gasteiger partial charge in [0.15, 0.2) is 0 Å². The summed E-state index contributed by atoms with van der Waals surface area (Å²) in [5, 5.41) is 4.02. The van der Waals surface area contributed by atoms with E-state index in [-0.39, 0.29) is 18.0 Å². The lowest BCUT2D eigenvalue weighted by Crippen LogP contribution is -2.54. The Morgan fingerprint density at radius 3 is 2.84 bits per heavy atom. The number of nitrogens with zero attached hydrogens (tertiary/aromatic N) is 2. The summed E-state index contributed by atoms with van der Waals surface area (Å²) in [6.45, 7) is 11.1. The van der Waals surface area contributed by atoms with E-state index in [0.29, 0.717) is 6.61 Å². The van der Waals surface area contributed by atoms with E-state index >= 15 is 0 Å². The fraction of sp³-hybridized carbons (Fsp3) is 0.667. The van der Waals surface area contributed by atoms with Gasteiger partial charge in [0.25, 0.3) is 5.91 Å². The second-order valence-corrected chi connectivity index (χ2v) is 4.89. The summed E-state index contributed by atoms with van der Waals surface area (Å²) < 4.78 is 5.27. The summed E-state index contributed by atoms with van der Waals surface area (Å²) in [4.78, 5) is 12.2. The third kappa shape index (κ3) is 3.91. The molecule has 1 heterocycles. The van der Waals surface area contributed by atoms with Crippen molar-refractivity contribution in [1.29, 1.82) is 0 Å². The molecule has 0 aromatic rings. The van der Waals surface area contributed by atoms with E-state index in [4.69, 9.17) is 4.74 Å². The van der Waals surface area contributed by atoms with E-state index in [1.165, 1.54) is 6.08 Å². The molecule has 0 aromatic heterocycles. The topological polar surface area (TPSA) is 32.8 Å². The molecule has 1 aliphatic heterocycles. The Morgan fingerprint density at radius 1 is 1.58 bits per heavy atom. The van der Waals surface area contributed by atoms with Gasteiger partial charge in [-0.15, -0.1) is 6.58 Å². The highest BCUT2D eigenvalue weighted by atomic mass is 16.5. The molecular formula is C15H26N2O2. The fourth-order valence-corrected chi connectivity index (χ4v) is 2.71. The van der Waals surface area contributed by atoms with Crippen LogP contribution in [0.2, 0.25) is 0 Å². The second-order valence-electron chi connectivity index (χ2n) is 4.89. The van der Waals surface area contributed by atoms with Gasteiger partial charge in [0.1, 0.15) is 0 Å². The molecule has 1 saturated heterocycles. The Kier molecular flexibility index (Phi) is 6.81. The molecule has 0 N–H and O–H groups in total. The number of amides is 1. The zero-order valence-corrected chi connectivity index (χ0v) is 12.2. The van der Waals surface area contributed by atoms with Crippen molar-refractivity contribution in [2.45, 2.75) is 44.7 Å². The van der Waals surface area contributed by atoms with Gasteiger partial charge in [-0.3, -0.25) is 9.80 Å². The van der Waals surface area contributed by atoms with Gasteiger partial charge in [0.2, 0.25) is 0 Å². The average molecular weight is 266 g/mol. The number of ether oxygens (including phenoxy) is 1. The summed E-state index contributed by atoms with van der Waals surface area (Å²) in [5.74, 6) is -0.0308. The minimum atomic E-state index is -0.0308. The van der Waals surface area contributed by atoms with Crippen molar-refractivity contribution in [2.75, 3.05) is 20.3 Å². The number of hydrogen-bond donors (Lipinski definition) is 0. The summed E-state index contributed by atoms with van der Waals surface area (Å²) in [6.07, 6.45) is 7.14. The van der Waals surface area contributed by atoms with Gasteiger partial charge in [0, 0.05) is 13.7 Å². The van der Waals surface area contributed by atoms with Crippen molar-refractivity contribution in [3.63, 3.8) is 0 Å². The molecule has 4 heteroatoms. The van der Waals surface area contributed by atoms with Crippen molar-refractivity contribution in [1.82, 2.24) is 10.0 Å². The van der Waals surface area contributed by atoms with Crippen LogP contribution in [0, 0.1) is 0 Å². The summed E-state index contributed by atoms with van der Waals surface area (Å²) in [7, 11) is 1.71. The maximum atomic E-state index is 12.2. The number of methoxy groups -OCH3 is 1. The van der Waals surface area contributed by atoms with E-state index in [0.717, 1.165) is 32.2 Å². The Bertz CT molecular complexity index is 317. The van der Waals surface area contributed by atoms with Crippen LogP contribution in [0.5, 0.6) is 0 Å². The SMILES string of the molecule is C=CC[C@H](CC)N(C(=O)C=C)N1CCC[C@H]1COC. The third-order valence-corrected chi connectivity index (χ3v) is 3.64. The van der Waals surface area contributed by atoms with Crippen LogP contribution in [-0.2, 0) is 9.53 Å². The van der Waals surface area contributed by atoms with Gasteiger partial charge in [0.05, 0.1) is 18.7 Å². The standard InChI is InChI=1S/C15H26N2O2/c1-5-9-13(6-2)17(15(18)7-3)16-11-8-10-14(16)12-19-4/h5,7,13-14H,1,3,6,8-12H2,2,4H3/t13-,14-/m0/s1. The van der Waals surface area contributed by atoms with Crippen molar-refractivity contribution < 1.29 is 9.53 Å². The Hall–Kier alpha value is -1.13. The zero-order chi connectivity index (χ0) is 14.3. The lowest BCUT2D eigenvalue weighted by Gasteiger charge is -2.40. The Morgan fingerprint density at radius 2 is 2.32 bits per heavy atom. The zero-order valence-electron chi connectivity index (χ0n) is 12.2. The van der Waals surface area contributed by atoms with Crippen LogP contribution >= 0.6 is 0 Å². The van der Waals surface area contributed by atoms with Crippen molar-refractivity contribution in [2.24, 2.45) is 0 Å². The monoisotopic (exact) mass is 266 g/mol. The predicted octanol–water partition coefficient (Wildman–Crippen LogP) is 2.38. The molecule has 0 radical (unpaired) electrons. The van der Waals surface area contributed by atoms with E-state index < -0.39 is 0 Å². The third-order valence-electron chi connectivity index (χ3n) is 3.64. The Labute approximate surface area is 116 Å². The number of rotatable bonds is 8. The van der Waals surface area contributed by atoms with Gasteiger partial charge >= 0.3 is 0 Å². The molecule has 0 spiro atoms. The van der Waals surface area contributed by atoms with Crippen molar-refractivity contribution in [3.05, 3.63) is 25.3 Å². The van der Waals surface area contributed by atoms with E-state index in [1.54, 1.807) is 7.11 Å². The Balaban J connectivity index is 2.91. The summed E-state index contributed by atoms with van der Waals surface area (Å²) in [6, 6.07) is 0.438. The first-order chi connectivity index (χ1) is 9.19. The van der Waals surface area contributed by atoms with Crippen molar-refractivity contribution >= 4 is 5.91 Å². The van der Waals surface area contributed by atoms with Crippen LogP contribution in [0.4, 0.5) is 0 Å². The maximum absolute atomic E-state index is 12.2. The minimum absolute atomic E-state index is 0.0308. The van der Waals surface area contributed by atoms with Gasteiger partial charge < -0.3 is 4.74 Å². The van der Waals surface area contributed by atoms with Crippen LogP contribution < -0.4 is 0 Å². The molecule has 1 fully saturated rings. The molecule has 0 aromatic carbocycles. The molecule has 19 heavy (non-hydrogen) atoms. The van der Waals surface area contributed by atoms with Gasteiger partial charge in [-0.2, -0.15) is 0 Å². The first kappa shape index (κ1) is 15.9. The van der Waals surface area contributed by atoms with Crippen LogP contribution in [0.15, 0.2) is 25.3 Å². The molecule has 0 aliphatic carbocycles. The number of carbonyl (C=O) groups excluding carboxylic acids is 1. The van der Waals surface area contributed by atoms with E-state index in [1.807, 2.05) is 11.1 Å². The largest absolute Gasteiger partial charge is 0.383 e. The molecule has 1 rings (SSSR count). The predicted molar refractivity (Wildman–Crippen MR) is 77.5 cm³/mol. The number of hydrogen-bond acceptors (Lipinski definition) is 3. The second kappa shape index (κ2) is 8.12. The molecule has 1 amide bonds. The summed E-state index contributed by atoms with van der Waals surface area (Å²) >= 11 is 0. The van der Waals surface area contributed by atoms with Crippen molar-refractivity contribution in [3.8, 4) is 0 Å². The first-order valence-electron chi connectivity index (χ1n) is 7.01. The highest BCUT2D eigenvalue weighted by Gasteiger charge is 2.34. The van der Waals surface area contributed by atoms with Gasteiger partial charge in [-0.05, 0) is 31.8 Å². The van der Waals surface area contributed by atoms with Crippen LogP contribution in [0.25, 0.3) is 0 Å².